The van der Waals surface area contributed by atoms with E-state index in [0.717, 1.165) is 12.0 Å². The summed E-state index contributed by atoms with van der Waals surface area (Å²) in [5, 5.41) is 19.6. The number of aryl methyl sites for hydroxylation is 2. The van der Waals surface area contributed by atoms with Crippen LogP contribution in [0.2, 0.25) is 0 Å². The molecule has 0 unspecified atom stereocenters. The molecule has 0 N–H and O–H groups in total. The van der Waals surface area contributed by atoms with Gasteiger partial charge >= 0.3 is 0 Å². The number of hydrogen-bond donors (Lipinski definition) is 0. The van der Waals surface area contributed by atoms with Gasteiger partial charge in [0.05, 0.1) is 0 Å². The zero-order valence-corrected chi connectivity index (χ0v) is 15.8. The van der Waals surface area contributed by atoms with Crippen LogP contribution < -0.4 is 0 Å². The normalized spacial score (nSPS) is 12.1. The number of halogens is 1. The van der Waals surface area contributed by atoms with Crippen molar-refractivity contribution in [3.63, 3.8) is 0 Å². The molecule has 8 heteroatoms. The maximum absolute atomic E-state index is 13.2. The molecule has 0 aliphatic rings. The van der Waals surface area contributed by atoms with Crippen molar-refractivity contribution >= 4 is 11.8 Å². The third kappa shape index (κ3) is 4.51. The van der Waals surface area contributed by atoms with E-state index in [1.165, 1.54) is 29.5 Å². The summed E-state index contributed by atoms with van der Waals surface area (Å²) in [6, 6.07) is 13.8. The summed E-state index contributed by atoms with van der Waals surface area (Å²) in [5.74, 6) is 0.297. The summed E-state index contributed by atoms with van der Waals surface area (Å²) in [7, 11) is 0. The highest BCUT2D eigenvalue weighted by Gasteiger charge is 2.23. The molecule has 6 nitrogen and oxygen atoms in total. The number of nitro groups is 1. The van der Waals surface area contributed by atoms with E-state index in [4.69, 9.17) is 0 Å². The van der Waals surface area contributed by atoms with Crippen LogP contribution in [0.1, 0.15) is 29.1 Å². The largest absolute Gasteiger partial charge is 0.274 e. The second kappa shape index (κ2) is 8.30. The lowest BCUT2D eigenvalue weighted by atomic mass is 10.1. The predicted octanol–water partition coefficient (Wildman–Crippen LogP) is 4.39. The summed E-state index contributed by atoms with van der Waals surface area (Å²) >= 11 is 1.28. The first kappa shape index (κ1) is 19.0. The molecule has 0 saturated carbocycles. The minimum absolute atomic E-state index is 0.231. The maximum Gasteiger partial charge on any atom is 0.220 e. The van der Waals surface area contributed by atoms with Gasteiger partial charge in [0, 0.05) is 10.6 Å². The van der Waals surface area contributed by atoms with Crippen LogP contribution in [0.4, 0.5) is 4.39 Å². The average Bonchev–Trinajstić information content (AvgIpc) is 3.02. The first-order valence-electron chi connectivity index (χ1n) is 8.53. The Morgan fingerprint density at radius 2 is 1.81 bits per heavy atom. The minimum Gasteiger partial charge on any atom is -0.274 e. The highest BCUT2D eigenvalue weighted by atomic mass is 32.2. The number of nitrogens with zero attached hydrogens (tertiary/aromatic N) is 4. The van der Waals surface area contributed by atoms with Crippen LogP contribution in [0.25, 0.3) is 5.69 Å². The summed E-state index contributed by atoms with van der Waals surface area (Å²) in [6.07, 6.45) is 0.908. The van der Waals surface area contributed by atoms with Gasteiger partial charge in [-0.1, -0.05) is 43.0 Å². The molecule has 1 aromatic heterocycles. The van der Waals surface area contributed by atoms with E-state index in [1.54, 1.807) is 23.6 Å². The number of rotatable bonds is 7. The molecule has 0 aliphatic carbocycles. The molecule has 3 rings (SSSR count). The molecule has 1 heterocycles. The third-order valence-electron chi connectivity index (χ3n) is 4.20. The van der Waals surface area contributed by atoms with Gasteiger partial charge in [0.15, 0.2) is 5.16 Å². The van der Waals surface area contributed by atoms with Gasteiger partial charge in [0.1, 0.15) is 16.9 Å². The fourth-order valence-corrected chi connectivity index (χ4v) is 3.92. The molecular formula is C19H19FN4O2S. The van der Waals surface area contributed by atoms with Crippen molar-refractivity contribution in [1.29, 1.82) is 0 Å². The Morgan fingerprint density at radius 1 is 1.15 bits per heavy atom. The highest BCUT2D eigenvalue weighted by Crippen LogP contribution is 2.36. The Hall–Kier alpha value is -2.74. The van der Waals surface area contributed by atoms with Crippen LogP contribution in [-0.4, -0.2) is 26.2 Å². The highest BCUT2D eigenvalue weighted by molar-refractivity contribution is 7.99. The third-order valence-corrected chi connectivity index (χ3v) is 5.38. The number of hydrogen-bond acceptors (Lipinski definition) is 5. The molecule has 3 aromatic rings. The first-order valence-corrected chi connectivity index (χ1v) is 9.41. The predicted molar refractivity (Wildman–Crippen MR) is 102 cm³/mol. The molecule has 0 bridgehead atoms. The summed E-state index contributed by atoms with van der Waals surface area (Å²) < 4.78 is 15.0. The maximum atomic E-state index is 13.2. The molecule has 0 saturated heterocycles. The van der Waals surface area contributed by atoms with Crippen molar-refractivity contribution in [3.05, 3.63) is 81.4 Å². The molecule has 0 amide bonds. The second-order valence-corrected chi connectivity index (χ2v) is 7.23. The van der Waals surface area contributed by atoms with Crippen LogP contribution in [-0.2, 0) is 6.42 Å². The number of thioether (sulfide) groups is 1. The van der Waals surface area contributed by atoms with Crippen LogP contribution in [0.3, 0.4) is 0 Å². The number of benzene rings is 2. The van der Waals surface area contributed by atoms with Gasteiger partial charge in [-0.2, -0.15) is 0 Å². The Bertz CT molecular complexity index is 926. The van der Waals surface area contributed by atoms with Gasteiger partial charge in [0.25, 0.3) is 0 Å². The summed E-state index contributed by atoms with van der Waals surface area (Å²) in [5.41, 5.74) is 2.75. The Kier molecular flexibility index (Phi) is 5.85. The molecule has 0 spiro atoms. The van der Waals surface area contributed by atoms with Crippen LogP contribution in [0.5, 0.6) is 0 Å². The Morgan fingerprint density at radius 3 is 2.41 bits per heavy atom. The van der Waals surface area contributed by atoms with Gasteiger partial charge in [0.2, 0.25) is 6.54 Å². The van der Waals surface area contributed by atoms with E-state index in [2.05, 4.69) is 17.1 Å². The standard InChI is InChI=1S/C19H19FN4O2S/c1-3-14-4-6-15(7-5-14)18(12-23(25)26)27-19-22-21-13(2)24(19)17-10-8-16(20)9-11-17/h4-11,18H,3,12H2,1-2H3/t18-/m1/s1. The Balaban J connectivity index is 1.94. The lowest BCUT2D eigenvalue weighted by Crippen LogP contribution is -2.11. The van der Waals surface area contributed by atoms with E-state index >= 15 is 0 Å². The zero-order valence-electron chi connectivity index (χ0n) is 15.0. The zero-order chi connectivity index (χ0) is 19.4. The van der Waals surface area contributed by atoms with Gasteiger partial charge in [-0.25, -0.2) is 4.39 Å². The lowest BCUT2D eigenvalue weighted by molar-refractivity contribution is -0.479. The Labute approximate surface area is 160 Å². The smallest absolute Gasteiger partial charge is 0.220 e. The molecule has 0 fully saturated rings. The molecule has 1 atom stereocenters. The molecule has 0 radical (unpaired) electrons. The first-order chi connectivity index (χ1) is 13.0. The molecular weight excluding hydrogens is 367 g/mol. The molecule has 27 heavy (non-hydrogen) atoms. The SMILES string of the molecule is CCc1ccc([C@@H](C[N+](=O)[O-])Sc2nnc(C)n2-c2ccc(F)cc2)cc1. The fraction of sp³-hybridized carbons (Fsp3) is 0.263. The van der Waals surface area contributed by atoms with E-state index in [9.17, 15) is 14.5 Å². The van der Waals surface area contributed by atoms with Gasteiger partial charge < -0.3 is 0 Å². The number of aromatic nitrogens is 3. The van der Waals surface area contributed by atoms with Gasteiger partial charge in [-0.05, 0) is 48.7 Å². The van der Waals surface area contributed by atoms with E-state index in [-0.39, 0.29) is 17.3 Å². The monoisotopic (exact) mass is 386 g/mol. The van der Waals surface area contributed by atoms with Crippen LogP contribution in [0.15, 0.2) is 53.7 Å². The van der Waals surface area contributed by atoms with Crippen molar-refractivity contribution in [2.75, 3.05) is 6.54 Å². The second-order valence-electron chi connectivity index (χ2n) is 6.06. The van der Waals surface area contributed by atoms with E-state index in [1.807, 2.05) is 24.3 Å². The average molecular weight is 386 g/mol. The molecule has 2 aromatic carbocycles. The van der Waals surface area contributed by atoms with Crippen LogP contribution in [0, 0.1) is 22.9 Å². The summed E-state index contributed by atoms with van der Waals surface area (Å²) in [6.45, 7) is 3.62. The summed E-state index contributed by atoms with van der Waals surface area (Å²) in [4.78, 5) is 10.9. The van der Waals surface area contributed by atoms with Crippen molar-refractivity contribution < 1.29 is 9.31 Å². The lowest BCUT2D eigenvalue weighted by Gasteiger charge is -2.14. The molecule has 0 aliphatic heterocycles. The van der Waals surface area contributed by atoms with E-state index in [0.29, 0.717) is 16.7 Å². The van der Waals surface area contributed by atoms with Gasteiger partial charge in [-0.3, -0.25) is 14.7 Å². The molecule has 140 valence electrons. The van der Waals surface area contributed by atoms with E-state index < -0.39 is 5.25 Å². The minimum atomic E-state index is -0.409. The van der Waals surface area contributed by atoms with Crippen molar-refractivity contribution in [3.8, 4) is 5.69 Å². The van der Waals surface area contributed by atoms with Crippen molar-refractivity contribution in [2.24, 2.45) is 0 Å². The topological polar surface area (TPSA) is 73.8 Å². The fourth-order valence-electron chi connectivity index (χ4n) is 2.75. The van der Waals surface area contributed by atoms with Gasteiger partial charge in [-0.15, -0.1) is 10.2 Å². The van der Waals surface area contributed by atoms with Crippen molar-refractivity contribution in [1.82, 2.24) is 14.8 Å². The quantitative estimate of drug-likeness (QED) is 0.342. The van der Waals surface area contributed by atoms with Crippen LogP contribution >= 0.6 is 11.8 Å². The van der Waals surface area contributed by atoms with Crippen molar-refractivity contribution in [2.45, 2.75) is 30.7 Å².